The van der Waals surface area contributed by atoms with E-state index in [-0.39, 0.29) is 11.5 Å². The third kappa shape index (κ3) is 4.18. The first-order valence-electron chi connectivity index (χ1n) is 10.2. The third-order valence-electron chi connectivity index (χ3n) is 5.27. The van der Waals surface area contributed by atoms with Crippen molar-refractivity contribution < 1.29 is 4.79 Å². The fourth-order valence-electron chi connectivity index (χ4n) is 3.46. The second kappa shape index (κ2) is 8.69. The Labute approximate surface area is 197 Å². The summed E-state index contributed by atoms with van der Waals surface area (Å²) in [5, 5.41) is 6.03. The lowest BCUT2D eigenvalue weighted by Crippen LogP contribution is -2.26. The average molecular weight is 483 g/mol. The van der Waals surface area contributed by atoms with Crippen LogP contribution in [-0.4, -0.2) is 25.7 Å². The molecule has 3 heterocycles. The number of anilines is 1. The van der Waals surface area contributed by atoms with Gasteiger partial charge >= 0.3 is 0 Å². The van der Waals surface area contributed by atoms with E-state index in [0.29, 0.717) is 27.3 Å². The number of rotatable bonds is 6. The van der Waals surface area contributed by atoms with Gasteiger partial charge in [0.05, 0.1) is 21.3 Å². The maximum absolute atomic E-state index is 13.6. The number of nitrogens with one attached hydrogen (secondary N) is 1. The number of carbonyl (C=O) groups excluding carboxylic acids is 1. The summed E-state index contributed by atoms with van der Waals surface area (Å²) in [5.74, 6) is 0.643. The lowest BCUT2D eigenvalue weighted by atomic mass is 10.1. The van der Waals surface area contributed by atoms with E-state index in [9.17, 15) is 9.59 Å². The van der Waals surface area contributed by atoms with E-state index in [2.05, 4.69) is 15.7 Å². The summed E-state index contributed by atoms with van der Waals surface area (Å²) in [4.78, 5) is 36.1. The van der Waals surface area contributed by atoms with E-state index in [1.807, 2.05) is 30.3 Å². The Kier molecular flexibility index (Phi) is 5.75. The molecule has 1 fully saturated rings. The summed E-state index contributed by atoms with van der Waals surface area (Å²) in [5.41, 5.74) is 1.75. The van der Waals surface area contributed by atoms with Gasteiger partial charge in [-0.15, -0.1) is 11.3 Å². The molecule has 1 amide bonds. The molecule has 1 aromatic carbocycles. The standard InChI is InChI=1S/C23H19ClN4O2S2/c1-13(20(29)26-18-10-9-15(24)11-25-18)32-23-27-21-19(17(12-31-21)14-7-8-14)22(30)28(23)16-5-3-2-4-6-16/h2-6,9-14H,7-8H2,1H3,(H,25,26,29). The Morgan fingerprint density at radius 2 is 2.03 bits per heavy atom. The minimum Gasteiger partial charge on any atom is -0.310 e. The molecule has 1 unspecified atom stereocenters. The van der Waals surface area contributed by atoms with Gasteiger partial charge in [0.1, 0.15) is 10.6 Å². The Bertz CT molecular complexity index is 1350. The first-order valence-corrected chi connectivity index (χ1v) is 12.3. The lowest BCUT2D eigenvalue weighted by Gasteiger charge is -2.16. The fraction of sp³-hybridized carbons (Fsp3) is 0.217. The second-order valence-corrected chi connectivity index (χ2v) is 10.2. The molecule has 0 aliphatic heterocycles. The SMILES string of the molecule is CC(Sc1nc2scc(C3CC3)c2c(=O)n1-c1ccccc1)C(=O)Nc1ccc(Cl)cn1. The third-order valence-corrected chi connectivity index (χ3v) is 7.43. The quantitative estimate of drug-likeness (QED) is 0.290. The van der Waals surface area contributed by atoms with Crippen molar-refractivity contribution in [3.63, 3.8) is 0 Å². The highest BCUT2D eigenvalue weighted by molar-refractivity contribution is 8.00. The van der Waals surface area contributed by atoms with Crippen molar-refractivity contribution in [2.45, 2.75) is 36.1 Å². The van der Waals surface area contributed by atoms with Crippen LogP contribution in [0.2, 0.25) is 5.02 Å². The van der Waals surface area contributed by atoms with Crippen LogP contribution in [0, 0.1) is 0 Å². The number of thioether (sulfide) groups is 1. The smallest absolute Gasteiger partial charge is 0.267 e. The first kappa shape index (κ1) is 21.2. The van der Waals surface area contributed by atoms with Gasteiger partial charge in [0.15, 0.2) is 5.16 Å². The van der Waals surface area contributed by atoms with Gasteiger partial charge in [0, 0.05) is 6.20 Å². The van der Waals surface area contributed by atoms with Crippen molar-refractivity contribution in [3.8, 4) is 5.69 Å². The minimum atomic E-state index is -0.505. The van der Waals surface area contributed by atoms with Gasteiger partial charge in [-0.1, -0.05) is 41.6 Å². The van der Waals surface area contributed by atoms with Crippen LogP contribution < -0.4 is 10.9 Å². The predicted molar refractivity (Wildman–Crippen MR) is 130 cm³/mol. The summed E-state index contributed by atoms with van der Waals surface area (Å²) < 4.78 is 1.62. The fourth-order valence-corrected chi connectivity index (χ4v) is 5.56. The Balaban J connectivity index is 1.52. The van der Waals surface area contributed by atoms with Gasteiger partial charge in [-0.2, -0.15) is 0 Å². The van der Waals surface area contributed by atoms with E-state index in [0.717, 1.165) is 28.9 Å². The van der Waals surface area contributed by atoms with Gasteiger partial charge in [0.25, 0.3) is 5.56 Å². The number of pyridine rings is 1. The topological polar surface area (TPSA) is 76.9 Å². The molecule has 0 saturated heterocycles. The summed E-state index contributed by atoms with van der Waals surface area (Å²) in [6.07, 6.45) is 3.71. The molecule has 9 heteroatoms. The summed E-state index contributed by atoms with van der Waals surface area (Å²) in [7, 11) is 0. The van der Waals surface area contributed by atoms with Crippen LogP contribution in [0.5, 0.6) is 0 Å². The van der Waals surface area contributed by atoms with E-state index in [1.165, 1.54) is 29.3 Å². The van der Waals surface area contributed by atoms with Gasteiger partial charge in [0.2, 0.25) is 5.91 Å². The van der Waals surface area contributed by atoms with Crippen LogP contribution in [0.1, 0.15) is 31.2 Å². The zero-order valence-corrected chi connectivity index (χ0v) is 19.5. The van der Waals surface area contributed by atoms with E-state index in [4.69, 9.17) is 16.6 Å². The van der Waals surface area contributed by atoms with Crippen molar-refractivity contribution in [1.82, 2.24) is 14.5 Å². The Hall–Kier alpha value is -2.68. The average Bonchev–Trinajstić information content (AvgIpc) is 3.55. The number of thiophene rings is 1. The van der Waals surface area contributed by atoms with Crippen molar-refractivity contribution in [3.05, 3.63) is 75.0 Å². The summed E-state index contributed by atoms with van der Waals surface area (Å²) >= 11 is 8.61. The van der Waals surface area contributed by atoms with Crippen molar-refractivity contribution in [1.29, 1.82) is 0 Å². The molecule has 32 heavy (non-hydrogen) atoms. The number of nitrogens with zero attached hydrogens (tertiary/aromatic N) is 3. The Morgan fingerprint density at radius 3 is 2.72 bits per heavy atom. The molecule has 162 valence electrons. The molecular formula is C23H19ClN4O2S2. The molecule has 1 atom stereocenters. The predicted octanol–water partition coefficient (Wildman–Crippen LogP) is 5.49. The number of halogens is 1. The van der Waals surface area contributed by atoms with Crippen LogP contribution in [0.3, 0.4) is 0 Å². The highest BCUT2D eigenvalue weighted by Gasteiger charge is 2.29. The molecule has 3 aromatic heterocycles. The largest absolute Gasteiger partial charge is 0.310 e. The van der Waals surface area contributed by atoms with E-state index < -0.39 is 5.25 Å². The number of benzene rings is 1. The molecule has 1 saturated carbocycles. The molecule has 0 radical (unpaired) electrons. The van der Waals surface area contributed by atoms with Crippen LogP contribution in [-0.2, 0) is 4.79 Å². The first-order chi connectivity index (χ1) is 15.5. The number of amides is 1. The molecule has 0 spiro atoms. The van der Waals surface area contributed by atoms with Gasteiger partial charge in [-0.25, -0.2) is 9.97 Å². The molecule has 6 nitrogen and oxygen atoms in total. The second-order valence-electron chi connectivity index (χ2n) is 7.63. The molecule has 1 aliphatic carbocycles. The highest BCUT2D eigenvalue weighted by atomic mass is 35.5. The van der Waals surface area contributed by atoms with Crippen molar-refractivity contribution in [2.75, 3.05) is 5.32 Å². The summed E-state index contributed by atoms with van der Waals surface area (Å²) in [6, 6.07) is 12.7. The van der Waals surface area contributed by atoms with E-state index >= 15 is 0 Å². The van der Waals surface area contributed by atoms with Crippen molar-refractivity contribution >= 4 is 56.6 Å². The highest BCUT2D eigenvalue weighted by Crippen LogP contribution is 2.44. The van der Waals surface area contributed by atoms with Crippen LogP contribution >= 0.6 is 34.7 Å². The Morgan fingerprint density at radius 1 is 1.25 bits per heavy atom. The number of hydrogen-bond donors (Lipinski definition) is 1. The molecular weight excluding hydrogens is 464 g/mol. The maximum Gasteiger partial charge on any atom is 0.267 e. The zero-order chi connectivity index (χ0) is 22.2. The minimum absolute atomic E-state index is 0.0844. The van der Waals surface area contributed by atoms with E-state index in [1.54, 1.807) is 23.6 Å². The number of para-hydroxylation sites is 1. The molecule has 0 bridgehead atoms. The van der Waals surface area contributed by atoms with Gasteiger partial charge in [-0.05, 0) is 60.9 Å². The lowest BCUT2D eigenvalue weighted by molar-refractivity contribution is -0.115. The molecule has 1 aliphatic rings. The maximum atomic E-state index is 13.6. The monoisotopic (exact) mass is 482 g/mol. The molecule has 1 N–H and O–H groups in total. The molecule has 5 rings (SSSR count). The number of carbonyl (C=O) groups is 1. The number of hydrogen-bond acceptors (Lipinski definition) is 6. The van der Waals surface area contributed by atoms with Crippen molar-refractivity contribution in [2.24, 2.45) is 0 Å². The normalized spacial score (nSPS) is 14.4. The van der Waals surface area contributed by atoms with Gasteiger partial charge < -0.3 is 5.32 Å². The number of fused-ring (bicyclic) bond motifs is 1. The van der Waals surface area contributed by atoms with Crippen LogP contribution in [0.4, 0.5) is 5.82 Å². The summed E-state index contributed by atoms with van der Waals surface area (Å²) in [6.45, 7) is 1.78. The molecule has 4 aromatic rings. The van der Waals surface area contributed by atoms with Crippen LogP contribution in [0.15, 0.2) is 64.0 Å². The van der Waals surface area contributed by atoms with Gasteiger partial charge in [-0.3, -0.25) is 14.2 Å². The van der Waals surface area contributed by atoms with Crippen LogP contribution in [0.25, 0.3) is 15.9 Å². The number of aromatic nitrogens is 3. The zero-order valence-electron chi connectivity index (χ0n) is 17.1.